The second-order valence-corrected chi connectivity index (χ2v) is 11.1. The quantitative estimate of drug-likeness (QED) is 0.220. The molecule has 0 aliphatic rings. The summed E-state index contributed by atoms with van der Waals surface area (Å²) in [6.07, 6.45) is -0.521. The molecule has 1 heterocycles. The summed E-state index contributed by atoms with van der Waals surface area (Å²) in [5, 5.41) is 24.9. The number of hydrogen-bond acceptors (Lipinski definition) is 7. The van der Waals surface area contributed by atoms with Gasteiger partial charge in [0.25, 0.3) is 0 Å². The number of aliphatic carboxylic acids is 2. The Morgan fingerprint density at radius 2 is 2.04 bits per heavy atom. The number of nitrogens with one attached hydrogen (secondary N) is 1. The van der Waals surface area contributed by atoms with Gasteiger partial charge in [0.1, 0.15) is 0 Å². The second-order valence-electron chi connectivity index (χ2n) is 5.66. The number of carboxylic acid groups (broad SMARTS) is 2. The van der Waals surface area contributed by atoms with Gasteiger partial charge in [-0.3, -0.25) is 0 Å². The molecule has 0 spiro atoms. The number of rotatable bonds is 14. The number of carbonyl (C=O) groups excluding carboxylic acids is 3. The SMILES string of the molecule is [NH3+]C(CCC(=O)NC(CS[Se]Cc1cccs1)C(=O)CCC(=O)O)C(=O)[O-]. The number of ketones is 1. The molecule has 1 aromatic rings. The van der Waals surface area contributed by atoms with Crippen molar-refractivity contribution in [3.8, 4) is 0 Å². The Morgan fingerprint density at radius 3 is 2.63 bits per heavy atom. The van der Waals surface area contributed by atoms with Gasteiger partial charge in [0, 0.05) is 0 Å². The van der Waals surface area contributed by atoms with Gasteiger partial charge < -0.3 is 0 Å². The fourth-order valence-electron chi connectivity index (χ4n) is 1.92. The number of quaternary nitrogens is 1. The van der Waals surface area contributed by atoms with Crippen molar-refractivity contribution in [2.45, 2.75) is 43.1 Å². The van der Waals surface area contributed by atoms with E-state index in [1.54, 1.807) is 21.5 Å². The van der Waals surface area contributed by atoms with Crippen LogP contribution in [0.4, 0.5) is 0 Å². The molecule has 2 unspecified atom stereocenters. The summed E-state index contributed by atoms with van der Waals surface area (Å²) >= 11 is 1.85. The maximum atomic E-state index is 12.3. The molecule has 1 aromatic heterocycles. The Morgan fingerprint density at radius 1 is 1.30 bits per heavy atom. The molecular weight excluding hydrogens is 459 g/mol. The molecule has 0 aromatic carbocycles. The van der Waals surface area contributed by atoms with Crippen molar-refractivity contribution < 1.29 is 35.1 Å². The van der Waals surface area contributed by atoms with Gasteiger partial charge in [0.15, 0.2) is 0 Å². The third-order valence-corrected chi connectivity index (χ3v) is 8.80. The van der Waals surface area contributed by atoms with Crippen LogP contribution in [0.1, 0.15) is 30.6 Å². The fourth-order valence-corrected chi connectivity index (χ4v) is 7.28. The van der Waals surface area contributed by atoms with Crippen molar-refractivity contribution in [1.29, 1.82) is 0 Å². The first-order valence-corrected chi connectivity index (χ1v) is 13.2. The normalized spacial score (nSPS) is 12.9. The molecule has 0 saturated carbocycles. The van der Waals surface area contributed by atoms with Gasteiger partial charge in [-0.05, 0) is 0 Å². The van der Waals surface area contributed by atoms with Crippen LogP contribution in [0.2, 0.25) is 0 Å². The van der Waals surface area contributed by atoms with E-state index >= 15 is 0 Å². The third kappa shape index (κ3) is 10.5. The van der Waals surface area contributed by atoms with Crippen LogP contribution in [-0.4, -0.2) is 60.4 Å². The maximum absolute atomic E-state index is 12.3. The molecule has 150 valence electrons. The van der Waals surface area contributed by atoms with E-state index in [4.69, 9.17) is 5.11 Å². The van der Waals surface area contributed by atoms with E-state index in [0.717, 1.165) is 5.32 Å². The molecule has 2 atom stereocenters. The molecular formula is C16H22N2O6S2Se. The average molecular weight is 481 g/mol. The Kier molecular flexibility index (Phi) is 11.3. The van der Waals surface area contributed by atoms with Crippen LogP contribution in [0.3, 0.4) is 0 Å². The van der Waals surface area contributed by atoms with Crippen LogP contribution in [0.25, 0.3) is 0 Å². The average Bonchev–Trinajstić information content (AvgIpc) is 3.13. The second kappa shape index (κ2) is 12.9. The minimum atomic E-state index is -1.33. The third-order valence-electron chi connectivity index (χ3n) is 3.46. The van der Waals surface area contributed by atoms with Gasteiger partial charge in [-0.25, -0.2) is 0 Å². The molecule has 8 nitrogen and oxygen atoms in total. The van der Waals surface area contributed by atoms with Crippen molar-refractivity contribution in [2.75, 3.05) is 5.75 Å². The Balaban J connectivity index is 2.50. The fraction of sp³-hybridized carbons (Fsp3) is 0.500. The molecule has 0 bridgehead atoms. The van der Waals surface area contributed by atoms with Crippen LogP contribution in [0, 0.1) is 0 Å². The zero-order valence-corrected chi connectivity index (χ0v) is 17.9. The van der Waals surface area contributed by atoms with E-state index < -0.39 is 29.9 Å². The summed E-state index contributed by atoms with van der Waals surface area (Å²) in [6, 6.07) is 2.23. The van der Waals surface area contributed by atoms with Crippen molar-refractivity contribution in [3.63, 3.8) is 0 Å². The molecule has 0 aliphatic carbocycles. The van der Waals surface area contributed by atoms with Crippen LogP contribution in [0.5, 0.6) is 0 Å². The van der Waals surface area contributed by atoms with Crippen molar-refractivity contribution >= 4 is 59.0 Å². The Labute approximate surface area is 170 Å². The summed E-state index contributed by atoms with van der Waals surface area (Å²) < 4.78 is 0. The zero-order chi connectivity index (χ0) is 20.2. The molecule has 0 aliphatic heterocycles. The summed E-state index contributed by atoms with van der Waals surface area (Å²) in [5.41, 5.74) is 3.38. The summed E-state index contributed by atoms with van der Waals surface area (Å²) in [5.74, 6) is -2.83. The first-order valence-electron chi connectivity index (χ1n) is 8.14. The molecule has 0 radical (unpaired) electrons. The molecule has 0 saturated heterocycles. The van der Waals surface area contributed by atoms with Crippen LogP contribution < -0.4 is 16.2 Å². The number of carboxylic acids is 2. The molecule has 5 N–H and O–H groups in total. The summed E-state index contributed by atoms with van der Waals surface area (Å²) in [6.45, 7) is 0. The molecule has 27 heavy (non-hydrogen) atoms. The number of amides is 1. The predicted octanol–water partition coefficient (Wildman–Crippen LogP) is -1.34. The zero-order valence-electron chi connectivity index (χ0n) is 14.5. The number of thiophene rings is 1. The van der Waals surface area contributed by atoms with Crippen molar-refractivity contribution in [3.05, 3.63) is 22.4 Å². The molecule has 1 amide bonds. The first-order chi connectivity index (χ1) is 12.8. The van der Waals surface area contributed by atoms with Gasteiger partial charge in [0.2, 0.25) is 0 Å². The van der Waals surface area contributed by atoms with Gasteiger partial charge in [-0.1, -0.05) is 0 Å². The standard InChI is InChI=1S/C16H22N2O6S2Se/c17-11(16(23)24)3-5-14(20)18-12(13(19)4-6-15(21)22)8-26-27-9-10-2-1-7-25-10/h1-2,7,11-12H,3-6,8-9,17H2,(H,18,20)(H,21,22)(H,23,24). The van der Waals surface area contributed by atoms with E-state index in [1.165, 1.54) is 4.88 Å². The van der Waals surface area contributed by atoms with Crippen LogP contribution in [0.15, 0.2) is 17.5 Å². The van der Waals surface area contributed by atoms with Gasteiger partial charge in [0.05, 0.1) is 0 Å². The van der Waals surface area contributed by atoms with Crippen molar-refractivity contribution in [1.82, 2.24) is 5.32 Å². The van der Waals surface area contributed by atoms with E-state index in [0.29, 0.717) is 5.75 Å². The Hall–Kier alpha value is -1.39. The minimum absolute atomic E-state index is 0.0136. The molecule has 11 heteroatoms. The molecule has 0 fully saturated rings. The summed E-state index contributed by atoms with van der Waals surface area (Å²) in [4.78, 5) is 46.8. The Bertz CT molecular complexity index is 641. The number of Topliss-reactive ketones (excluding diaryl/α,β-unsaturated/α-hetero) is 1. The van der Waals surface area contributed by atoms with Crippen molar-refractivity contribution in [2.24, 2.45) is 0 Å². The van der Waals surface area contributed by atoms with E-state index in [1.807, 2.05) is 17.5 Å². The first kappa shape index (κ1) is 23.6. The van der Waals surface area contributed by atoms with Gasteiger partial charge in [-0.15, -0.1) is 0 Å². The van der Waals surface area contributed by atoms with E-state index in [9.17, 15) is 24.3 Å². The topological polar surface area (TPSA) is 151 Å². The number of hydrogen-bond donors (Lipinski definition) is 3. The number of carbonyl (C=O) groups is 4. The monoisotopic (exact) mass is 482 g/mol. The summed E-state index contributed by atoms with van der Waals surface area (Å²) in [7, 11) is 1.56. The van der Waals surface area contributed by atoms with Gasteiger partial charge >= 0.3 is 171 Å². The van der Waals surface area contributed by atoms with E-state index in [2.05, 4.69) is 11.1 Å². The van der Waals surface area contributed by atoms with Crippen LogP contribution >= 0.6 is 21.5 Å². The predicted molar refractivity (Wildman–Crippen MR) is 101 cm³/mol. The van der Waals surface area contributed by atoms with Crippen LogP contribution in [-0.2, 0) is 24.5 Å². The van der Waals surface area contributed by atoms with Gasteiger partial charge in [-0.2, -0.15) is 0 Å². The van der Waals surface area contributed by atoms with E-state index in [-0.39, 0.29) is 45.3 Å². The molecule has 1 rings (SSSR count).